The number of ether oxygens (including phenoxy) is 1. The van der Waals surface area contributed by atoms with Crippen LogP contribution in [0.5, 0.6) is 5.75 Å². The molecule has 1 aliphatic rings. The third-order valence-electron chi connectivity index (χ3n) is 3.86. The highest BCUT2D eigenvalue weighted by Gasteiger charge is 2.34. The molecule has 2 atom stereocenters. The zero-order chi connectivity index (χ0) is 15.5. The normalized spacial score (nSPS) is 23.2. The second kappa shape index (κ2) is 6.56. The molecule has 0 bridgehead atoms. The SMILES string of the molecule is CCC1CN(c2ccccc2OC(F)(F)F)C(CC)CN1. The first-order valence-electron chi connectivity index (χ1n) is 7.29. The van der Waals surface area contributed by atoms with Crippen molar-refractivity contribution in [2.75, 3.05) is 18.0 Å². The van der Waals surface area contributed by atoms with E-state index >= 15 is 0 Å². The summed E-state index contributed by atoms with van der Waals surface area (Å²) in [6, 6.07) is 6.83. The number of para-hydroxylation sites is 2. The zero-order valence-electron chi connectivity index (χ0n) is 12.3. The van der Waals surface area contributed by atoms with Crippen LogP contribution in [0.3, 0.4) is 0 Å². The molecular weight excluding hydrogens is 281 g/mol. The molecule has 1 saturated heterocycles. The van der Waals surface area contributed by atoms with Gasteiger partial charge < -0.3 is 15.0 Å². The third-order valence-corrected chi connectivity index (χ3v) is 3.86. The number of halogens is 3. The number of benzene rings is 1. The molecule has 6 heteroatoms. The average Bonchev–Trinajstić information content (AvgIpc) is 2.45. The highest BCUT2D eigenvalue weighted by molar-refractivity contribution is 5.59. The number of nitrogens with zero attached hydrogens (tertiary/aromatic N) is 1. The van der Waals surface area contributed by atoms with Crippen molar-refractivity contribution in [2.45, 2.75) is 45.1 Å². The predicted octanol–water partition coefficient (Wildman–Crippen LogP) is 3.55. The molecule has 0 radical (unpaired) electrons. The molecule has 0 saturated carbocycles. The van der Waals surface area contributed by atoms with Gasteiger partial charge in [0.15, 0.2) is 5.75 Å². The van der Waals surface area contributed by atoms with Crippen molar-refractivity contribution in [3.63, 3.8) is 0 Å². The van der Waals surface area contributed by atoms with Gasteiger partial charge in [0.25, 0.3) is 0 Å². The van der Waals surface area contributed by atoms with E-state index in [4.69, 9.17) is 0 Å². The molecule has 2 unspecified atom stereocenters. The van der Waals surface area contributed by atoms with Gasteiger partial charge in [-0.3, -0.25) is 0 Å². The molecule has 21 heavy (non-hydrogen) atoms. The van der Waals surface area contributed by atoms with Crippen molar-refractivity contribution in [2.24, 2.45) is 0 Å². The van der Waals surface area contributed by atoms with Gasteiger partial charge in [0, 0.05) is 25.2 Å². The van der Waals surface area contributed by atoms with Gasteiger partial charge in [-0.15, -0.1) is 13.2 Å². The fourth-order valence-electron chi connectivity index (χ4n) is 2.70. The fourth-order valence-corrected chi connectivity index (χ4v) is 2.70. The molecule has 1 aromatic carbocycles. The monoisotopic (exact) mass is 302 g/mol. The molecule has 3 nitrogen and oxygen atoms in total. The van der Waals surface area contributed by atoms with Crippen LogP contribution in [0.1, 0.15) is 26.7 Å². The maximum absolute atomic E-state index is 12.6. The lowest BCUT2D eigenvalue weighted by Crippen LogP contribution is -2.56. The molecule has 1 N–H and O–H groups in total. The van der Waals surface area contributed by atoms with Gasteiger partial charge in [0.2, 0.25) is 0 Å². The Balaban J connectivity index is 2.29. The maximum atomic E-state index is 12.6. The lowest BCUT2D eigenvalue weighted by Gasteiger charge is -2.42. The van der Waals surface area contributed by atoms with Gasteiger partial charge in [-0.25, -0.2) is 0 Å². The van der Waals surface area contributed by atoms with Crippen LogP contribution in [0.25, 0.3) is 0 Å². The van der Waals surface area contributed by atoms with Crippen LogP contribution < -0.4 is 15.0 Å². The quantitative estimate of drug-likeness (QED) is 0.920. The number of hydrogen-bond donors (Lipinski definition) is 1. The smallest absolute Gasteiger partial charge is 0.404 e. The van der Waals surface area contributed by atoms with E-state index in [0.717, 1.165) is 19.4 Å². The fraction of sp³-hybridized carbons (Fsp3) is 0.600. The summed E-state index contributed by atoms with van der Waals surface area (Å²) >= 11 is 0. The van der Waals surface area contributed by atoms with Crippen LogP contribution in [0.4, 0.5) is 18.9 Å². The molecule has 1 aromatic rings. The summed E-state index contributed by atoms with van der Waals surface area (Å²) in [4.78, 5) is 2.03. The van der Waals surface area contributed by atoms with Crippen LogP contribution >= 0.6 is 0 Å². The van der Waals surface area contributed by atoms with E-state index in [1.165, 1.54) is 6.07 Å². The molecular formula is C15H21F3N2O. The average molecular weight is 302 g/mol. The number of anilines is 1. The van der Waals surface area contributed by atoms with Crippen molar-refractivity contribution in [1.29, 1.82) is 0 Å². The van der Waals surface area contributed by atoms with E-state index in [0.29, 0.717) is 12.2 Å². The van der Waals surface area contributed by atoms with Crippen LogP contribution in [0.2, 0.25) is 0 Å². The van der Waals surface area contributed by atoms with Crippen LogP contribution in [-0.2, 0) is 0 Å². The van der Waals surface area contributed by atoms with E-state index in [2.05, 4.69) is 17.0 Å². The molecule has 0 spiro atoms. The minimum Gasteiger partial charge on any atom is -0.404 e. The topological polar surface area (TPSA) is 24.5 Å². The minimum absolute atomic E-state index is 0.125. The lowest BCUT2D eigenvalue weighted by molar-refractivity contribution is -0.274. The summed E-state index contributed by atoms with van der Waals surface area (Å²) < 4.78 is 41.9. The standard InChI is InChI=1S/C15H21F3N2O/c1-3-11-10-20(12(4-2)9-19-11)13-7-5-6-8-14(13)21-15(16,17)18/h5-8,11-12,19H,3-4,9-10H2,1-2H3. The molecule has 118 valence electrons. The second-order valence-electron chi connectivity index (χ2n) is 5.24. The largest absolute Gasteiger partial charge is 0.573 e. The number of piperazine rings is 1. The Morgan fingerprint density at radius 2 is 1.95 bits per heavy atom. The Labute approximate surface area is 123 Å². The van der Waals surface area contributed by atoms with Gasteiger partial charge in [-0.05, 0) is 25.0 Å². The Kier molecular flexibility index (Phi) is 4.98. The van der Waals surface area contributed by atoms with E-state index in [-0.39, 0.29) is 17.8 Å². The van der Waals surface area contributed by atoms with Crippen LogP contribution in [-0.4, -0.2) is 31.5 Å². The summed E-state index contributed by atoms with van der Waals surface area (Å²) in [6.07, 6.45) is -2.87. The van der Waals surface area contributed by atoms with Crippen molar-refractivity contribution < 1.29 is 17.9 Å². The molecule has 0 aliphatic carbocycles. The zero-order valence-corrected chi connectivity index (χ0v) is 12.3. The highest BCUT2D eigenvalue weighted by Crippen LogP contribution is 2.35. The maximum Gasteiger partial charge on any atom is 0.573 e. The van der Waals surface area contributed by atoms with Crippen molar-refractivity contribution in [1.82, 2.24) is 5.32 Å². The summed E-state index contributed by atoms with van der Waals surface area (Å²) in [5.41, 5.74) is 0.515. The molecule has 1 aliphatic heterocycles. The Bertz CT molecular complexity index is 464. The van der Waals surface area contributed by atoms with Crippen molar-refractivity contribution in [3.8, 4) is 5.75 Å². The van der Waals surface area contributed by atoms with Gasteiger partial charge in [-0.2, -0.15) is 0 Å². The van der Waals surface area contributed by atoms with E-state index in [9.17, 15) is 13.2 Å². The number of hydrogen-bond acceptors (Lipinski definition) is 3. The Morgan fingerprint density at radius 3 is 2.57 bits per heavy atom. The van der Waals surface area contributed by atoms with E-state index < -0.39 is 6.36 Å². The van der Waals surface area contributed by atoms with Gasteiger partial charge in [0.1, 0.15) is 0 Å². The molecule has 2 rings (SSSR count). The van der Waals surface area contributed by atoms with E-state index in [1.54, 1.807) is 18.2 Å². The highest BCUT2D eigenvalue weighted by atomic mass is 19.4. The van der Waals surface area contributed by atoms with Gasteiger partial charge in [0.05, 0.1) is 5.69 Å². The predicted molar refractivity (Wildman–Crippen MR) is 76.6 cm³/mol. The molecule has 1 fully saturated rings. The first-order valence-corrected chi connectivity index (χ1v) is 7.29. The van der Waals surface area contributed by atoms with Gasteiger partial charge in [-0.1, -0.05) is 26.0 Å². The number of nitrogens with one attached hydrogen (secondary N) is 1. The van der Waals surface area contributed by atoms with Crippen LogP contribution in [0, 0.1) is 0 Å². The lowest BCUT2D eigenvalue weighted by atomic mass is 10.0. The number of rotatable bonds is 4. The van der Waals surface area contributed by atoms with E-state index in [1.807, 2.05) is 11.8 Å². The van der Waals surface area contributed by atoms with Crippen molar-refractivity contribution in [3.05, 3.63) is 24.3 Å². The Hall–Kier alpha value is -1.43. The Morgan fingerprint density at radius 1 is 1.24 bits per heavy atom. The van der Waals surface area contributed by atoms with Crippen molar-refractivity contribution >= 4 is 5.69 Å². The summed E-state index contributed by atoms with van der Waals surface area (Å²) in [7, 11) is 0. The second-order valence-corrected chi connectivity index (χ2v) is 5.24. The first-order chi connectivity index (χ1) is 9.94. The molecule has 1 heterocycles. The summed E-state index contributed by atoms with van der Waals surface area (Å²) in [5.74, 6) is -0.125. The summed E-state index contributed by atoms with van der Waals surface area (Å²) in [5, 5.41) is 3.43. The third kappa shape index (κ3) is 4.03. The molecule has 0 amide bonds. The molecule has 0 aromatic heterocycles. The minimum atomic E-state index is -4.67. The first kappa shape index (κ1) is 15.9. The van der Waals surface area contributed by atoms with Gasteiger partial charge >= 0.3 is 6.36 Å². The summed E-state index contributed by atoms with van der Waals surface area (Å²) in [6.45, 7) is 5.57. The van der Waals surface area contributed by atoms with Crippen LogP contribution in [0.15, 0.2) is 24.3 Å². The number of alkyl halides is 3.